The smallest absolute Gasteiger partial charge is 0.0991 e. The van der Waals surface area contributed by atoms with Gasteiger partial charge in [-0.1, -0.05) is 25.1 Å². The summed E-state index contributed by atoms with van der Waals surface area (Å²) >= 11 is 0. The molecule has 1 rings (SSSR count). The second-order valence-corrected chi connectivity index (χ2v) is 3.48. The van der Waals surface area contributed by atoms with Gasteiger partial charge in [0.1, 0.15) is 0 Å². The van der Waals surface area contributed by atoms with Crippen molar-refractivity contribution in [2.75, 3.05) is 0 Å². The van der Waals surface area contributed by atoms with Crippen LogP contribution < -0.4 is 0 Å². The lowest BCUT2D eigenvalue weighted by molar-refractivity contribution is 1.05. The highest BCUT2D eigenvalue weighted by Gasteiger charge is 1.93. The van der Waals surface area contributed by atoms with Gasteiger partial charge in [-0.05, 0) is 37.0 Å². The third-order valence-electron chi connectivity index (χ3n) is 2.15. The van der Waals surface area contributed by atoms with Crippen LogP contribution in [0.2, 0.25) is 0 Å². The van der Waals surface area contributed by atoms with Gasteiger partial charge in [-0.25, -0.2) is 0 Å². The van der Waals surface area contributed by atoms with Crippen molar-refractivity contribution in [2.45, 2.75) is 26.2 Å². The van der Waals surface area contributed by atoms with Gasteiger partial charge in [-0.15, -0.1) is 0 Å². The topological polar surface area (TPSA) is 36.1 Å². The van der Waals surface area contributed by atoms with Gasteiger partial charge in [0.25, 0.3) is 0 Å². The van der Waals surface area contributed by atoms with Gasteiger partial charge < -0.3 is 0 Å². The fourth-order valence-corrected chi connectivity index (χ4v) is 1.33. The quantitative estimate of drug-likeness (QED) is 0.688. The maximum absolute atomic E-state index is 8.75. The molecule has 0 spiro atoms. The number of hydrogen-bond acceptors (Lipinski definition) is 2. The minimum Gasteiger partial charge on any atom is -0.269 e. The zero-order valence-corrected chi connectivity index (χ0v) is 9.56. The Hall–Kier alpha value is -1.88. The molecule has 1 aromatic rings. The molecule has 2 heteroatoms. The lowest BCUT2D eigenvalue weighted by atomic mass is 10.1. The Morgan fingerprint density at radius 3 is 3.06 bits per heavy atom. The van der Waals surface area contributed by atoms with Crippen LogP contribution in [0.4, 0.5) is 0 Å². The number of nitriles is 1. The monoisotopic (exact) mass is 212 g/mol. The maximum Gasteiger partial charge on any atom is 0.0991 e. The molecule has 0 aliphatic heterocycles. The average Bonchev–Trinajstić information content (AvgIpc) is 2.34. The van der Waals surface area contributed by atoms with Crippen molar-refractivity contribution in [2.24, 2.45) is 4.99 Å². The number of nitrogens with zero attached hydrogens (tertiary/aromatic N) is 2. The number of hydrogen-bond donors (Lipinski definition) is 0. The molecule has 0 heterocycles. The molecular weight excluding hydrogens is 196 g/mol. The Morgan fingerprint density at radius 1 is 1.44 bits per heavy atom. The lowest BCUT2D eigenvalue weighted by Gasteiger charge is -1.97. The van der Waals surface area contributed by atoms with Gasteiger partial charge >= 0.3 is 0 Å². The number of benzene rings is 1. The largest absolute Gasteiger partial charge is 0.269 e. The first kappa shape index (κ1) is 12.2. The van der Waals surface area contributed by atoms with Gasteiger partial charge in [-0.2, -0.15) is 5.26 Å². The predicted molar refractivity (Wildman–Crippen MR) is 67.4 cm³/mol. The summed E-state index contributed by atoms with van der Waals surface area (Å²) in [4.78, 5) is 4.15. The van der Waals surface area contributed by atoms with Gasteiger partial charge in [0.2, 0.25) is 0 Å². The van der Waals surface area contributed by atoms with Crippen molar-refractivity contribution in [3.05, 3.63) is 47.7 Å². The number of rotatable bonds is 5. The van der Waals surface area contributed by atoms with E-state index in [0.717, 1.165) is 24.8 Å². The van der Waals surface area contributed by atoms with Gasteiger partial charge in [0.15, 0.2) is 0 Å². The third kappa shape index (κ3) is 4.56. The molecular formula is C14H16N2. The SMILES string of the molecule is CC/C=C\N=CCCc1cccc(C#N)c1. The van der Waals surface area contributed by atoms with Crippen LogP contribution in [0.15, 0.2) is 41.5 Å². The van der Waals surface area contributed by atoms with Crippen LogP contribution >= 0.6 is 0 Å². The molecule has 0 fully saturated rings. The number of allylic oxidation sites excluding steroid dienone is 1. The predicted octanol–water partition coefficient (Wildman–Crippen LogP) is 3.49. The Bertz CT molecular complexity index is 411. The van der Waals surface area contributed by atoms with Crippen molar-refractivity contribution >= 4 is 6.21 Å². The first-order chi connectivity index (χ1) is 7.86. The van der Waals surface area contributed by atoms with E-state index in [9.17, 15) is 0 Å². The molecule has 0 saturated heterocycles. The van der Waals surface area contributed by atoms with Crippen molar-refractivity contribution in [3.8, 4) is 6.07 Å². The van der Waals surface area contributed by atoms with Crippen molar-refractivity contribution in [1.29, 1.82) is 5.26 Å². The summed E-state index contributed by atoms with van der Waals surface area (Å²) in [6, 6.07) is 9.85. The molecule has 82 valence electrons. The summed E-state index contributed by atoms with van der Waals surface area (Å²) in [5, 5.41) is 8.75. The highest BCUT2D eigenvalue weighted by atomic mass is 14.7. The maximum atomic E-state index is 8.75. The van der Waals surface area contributed by atoms with E-state index in [1.54, 1.807) is 0 Å². The molecule has 0 bridgehead atoms. The fraction of sp³-hybridized carbons (Fsp3) is 0.286. The Morgan fingerprint density at radius 2 is 2.31 bits per heavy atom. The first-order valence-electron chi connectivity index (χ1n) is 5.52. The second kappa shape index (κ2) is 7.42. The minimum atomic E-state index is 0.723. The van der Waals surface area contributed by atoms with Crippen LogP contribution in [0.3, 0.4) is 0 Å². The van der Waals surface area contributed by atoms with E-state index in [2.05, 4.69) is 18.0 Å². The molecule has 0 amide bonds. The molecule has 1 aromatic carbocycles. The fourth-order valence-electron chi connectivity index (χ4n) is 1.33. The molecule has 0 atom stereocenters. The summed E-state index contributed by atoms with van der Waals surface area (Å²) in [5.41, 5.74) is 1.91. The lowest BCUT2D eigenvalue weighted by Crippen LogP contribution is -1.86. The molecule has 0 aliphatic rings. The van der Waals surface area contributed by atoms with E-state index in [4.69, 9.17) is 5.26 Å². The van der Waals surface area contributed by atoms with E-state index in [-0.39, 0.29) is 0 Å². The van der Waals surface area contributed by atoms with Gasteiger partial charge in [0, 0.05) is 12.4 Å². The second-order valence-electron chi connectivity index (χ2n) is 3.48. The Balaban J connectivity index is 2.40. The van der Waals surface area contributed by atoms with Crippen molar-refractivity contribution in [1.82, 2.24) is 0 Å². The van der Waals surface area contributed by atoms with Crippen LogP contribution in [-0.4, -0.2) is 6.21 Å². The van der Waals surface area contributed by atoms with Gasteiger partial charge in [0.05, 0.1) is 11.6 Å². The molecule has 0 radical (unpaired) electrons. The summed E-state index contributed by atoms with van der Waals surface area (Å²) in [7, 11) is 0. The van der Waals surface area contributed by atoms with Crippen LogP contribution in [0, 0.1) is 11.3 Å². The Labute approximate surface area is 96.9 Å². The number of aliphatic imine (C=N–C) groups is 1. The molecule has 2 nitrogen and oxygen atoms in total. The van der Waals surface area contributed by atoms with Crippen LogP contribution in [0.5, 0.6) is 0 Å². The zero-order chi connectivity index (χ0) is 11.6. The standard InChI is InChI=1S/C14H16N2/c1-2-3-9-16-10-5-8-13-6-4-7-14(11-13)12-15/h3-4,6-7,9-11H,2,5,8H2,1H3/b9-3-,16-10?. The van der Waals surface area contributed by atoms with Crippen LogP contribution in [0.25, 0.3) is 0 Å². The average molecular weight is 212 g/mol. The van der Waals surface area contributed by atoms with E-state index in [1.807, 2.05) is 42.8 Å². The summed E-state index contributed by atoms with van der Waals surface area (Å²) in [6.45, 7) is 2.08. The molecule has 16 heavy (non-hydrogen) atoms. The highest BCUT2D eigenvalue weighted by Crippen LogP contribution is 2.05. The molecule has 0 aliphatic carbocycles. The normalized spacial score (nSPS) is 11.0. The minimum absolute atomic E-state index is 0.723. The Kier molecular flexibility index (Phi) is 5.65. The van der Waals surface area contributed by atoms with Crippen molar-refractivity contribution in [3.63, 3.8) is 0 Å². The van der Waals surface area contributed by atoms with E-state index < -0.39 is 0 Å². The molecule has 0 saturated carbocycles. The first-order valence-corrected chi connectivity index (χ1v) is 5.52. The summed E-state index contributed by atoms with van der Waals surface area (Å²) in [5.74, 6) is 0. The van der Waals surface area contributed by atoms with Crippen LogP contribution in [0.1, 0.15) is 30.9 Å². The van der Waals surface area contributed by atoms with E-state index in [1.165, 1.54) is 5.56 Å². The zero-order valence-electron chi connectivity index (χ0n) is 9.56. The third-order valence-corrected chi connectivity index (χ3v) is 2.15. The summed E-state index contributed by atoms with van der Waals surface area (Å²) < 4.78 is 0. The van der Waals surface area contributed by atoms with E-state index >= 15 is 0 Å². The van der Waals surface area contributed by atoms with E-state index in [0.29, 0.717) is 0 Å². The van der Waals surface area contributed by atoms with Crippen LogP contribution in [-0.2, 0) is 6.42 Å². The summed E-state index contributed by atoms with van der Waals surface area (Å²) in [6.07, 6.45) is 8.60. The molecule has 0 aromatic heterocycles. The van der Waals surface area contributed by atoms with Gasteiger partial charge in [-0.3, -0.25) is 4.99 Å². The molecule has 0 N–H and O–H groups in total. The number of aryl methyl sites for hydroxylation is 1. The van der Waals surface area contributed by atoms with Crippen molar-refractivity contribution < 1.29 is 0 Å². The highest BCUT2D eigenvalue weighted by molar-refractivity contribution is 5.58. The molecule has 0 unspecified atom stereocenters.